The predicted octanol–water partition coefficient (Wildman–Crippen LogP) is 4.39. The number of amides is 1. The maximum absolute atomic E-state index is 12.5. The zero-order valence-electron chi connectivity index (χ0n) is 19.3. The highest BCUT2D eigenvalue weighted by Crippen LogP contribution is 2.23. The summed E-state index contributed by atoms with van der Waals surface area (Å²) < 4.78 is 10.9. The summed E-state index contributed by atoms with van der Waals surface area (Å²) in [6.07, 6.45) is 2.86. The van der Waals surface area contributed by atoms with E-state index < -0.39 is 11.9 Å². The van der Waals surface area contributed by atoms with E-state index >= 15 is 0 Å². The molecule has 0 aliphatic heterocycles. The van der Waals surface area contributed by atoms with Crippen LogP contribution in [-0.2, 0) is 11.3 Å². The van der Waals surface area contributed by atoms with E-state index in [4.69, 9.17) is 25.4 Å². The third-order valence-electron chi connectivity index (χ3n) is 5.22. The Kier molecular flexibility index (Phi) is 8.44. The third-order valence-corrected chi connectivity index (χ3v) is 5.22. The monoisotopic (exact) mass is 519 g/mol. The number of nitrogens with one attached hydrogen (secondary N) is 2. The second-order valence-electron chi connectivity index (χ2n) is 7.77. The summed E-state index contributed by atoms with van der Waals surface area (Å²) in [4.78, 5) is 35.4. The lowest BCUT2D eigenvalue weighted by Gasteiger charge is -2.06. The third kappa shape index (κ3) is 6.83. The molecule has 0 saturated heterocycles. The average Bonchev–Trinajstić information content (AvgIpc) is 3.35. The average molecular weight is 520 g/mol. The molecule has 0 fully saturated rings. The van der Waals surface area contributed by atoms with Crippen molar-refractivity contribution in [1.82, 2.24) is 5.32 Å². The van der Waals surface area contributed by atoms with E-state index in [0.29, 0.717) is 22.6 Å². The number of hydrogen-bond acceptors (Lipinski definition) is 6. The van der Waals surface area contributed by atoms with Crippen molar-refractivity contribution in [3.63, 3.8) is 0 Å². The summed E-state index contributed by atoms with van der Waals surface area (Å²) in [6.45, 7) is 0.0584. The highest BCUT2D eigenvalue weighted by atomic mass is 35.5. The Labute approximate surface area is 217 Å². The van der Waals surface area contributed by atoms with E-state index in [-0.39, 0.29) is 42.0 Å². The zero-order chi connectivity index (χ0) is 25.7. The number of esters is 1. The molecule has 0 unspecified atom stereocenters. The summed E-state index contributed by atoms with van der Waals surface area (Å²) in [6, 6.07) is 19.5. The van der Waals surface area contributed by atoms with Crippen molar-refractivity contribution in [2.24, 2.45) is 5.73 Å². The lowest BCUT2D eigenvalue weighted by atomic mass is 10.1. The first kappa shape index (κ1) is 26.7. The van der Waals surface area contributed by atoms with Crippen molar-refractivity contribution in [1.29, 1.82) is 5.41 Å². The van der Waals surface area contributed by atoms with Crippen LogP contribution in [0.1, 0.15) is 37.8 Å². The number of fused-ring (bicyclic) bond motifs is 1. The Morgan fingerprint density at radius 1 is 0.946 bits per heavy atom. The Balaban J connectivity index is 0.00000380. The normalized spacial score (nSPS) is 10.6. The Morgan fingerprint density at radius 2 is 1.62 bits per heavy atom. The van der Waals surface area contributed by atoms with Gasteiger partial charge < -0.3 is 25.3 Å². The number of aromatic carboxylic acids is 1. The highest BCUT2D eigenvalue weighted by Gasteiger charge is 2.14. The number of nitrogen functional groups attached to an aromatic ring is 1. The Morgan fingerprint density at radius 3 is 2.32 bits per heavy atom. The van der Waals surface area contributed by atoms with Gasteiger partial charge in [-0.1, -0.05) is 30.3 Å². The van der Waals surface area contributed by atoms with Gasteiger partial charge in [0.1, 0.15) is 17.3 Å². The van der Waals surface area contributed by atoms with Gasteiger partial charge in [0.25, 0.3) is 0 Å². The number of carbonyl (C=O) groups excluding carboxylic acids is 2. The standard InChI is InChI=1S/C27H21N3O6.ClH/c28-25(29)20-7-6-19-14-21(9-8-18(19)13-20)36-27(34)23-11-10-22(35-23)15-30-24(31)12-3-16-1-4-17(5-2-16)26(32)33;/h1-14H,15H2,(H3,28,29)(H,30,31)(H,32,33);1H. The highest BCUT2D eigenvalue weighted by molar-refractivity contribution is 5.99. The van der Waals surface area contributed by atoms with Crippen LogP contribution in [0, 0.1) is 5.41 Å². The van der Waals surface area contributed by atoms with Crippen LogP contribution < -0.4 is 15.8 Å². The van der Waals surface area contributed by atoms with Gasteiger partial charge in [0, 0.05) is 11.6 Å². The summed E-state index contributed by atoms with van der Waals surface area (Å²) in [7, 11) is 0. The van der Waals surface area contributed by atoms with Crippen LogP contribution in [0.25, 0.3) is 16.8 Å². The zero-order valence-corrected chi connectivity index (χ0v) is 20.1. The van der Waals surface area contributed by atoms with Gasteiger partial charge in [-0.25, -0.2) is 9.59 Å². The molecule has 0 aliphatic carbocycles. The number of nitrogens with two attached hydrogens (primary N) is 1. The largest absolute Gasteiger partial charge is 0.478 e. The molecule has 0 radical (unpaired) electrons. The Hall–Kier alpha value is -4.89. The van der Waals surface area contributed by atoms with E-state index in [1.54, 1.807) is 60.7 Å². The summed E-state index contributed by atoms with van der Waals surface area (Å²) >= 11 is 0. The van der Waals surface area contributed by atoms with Crippen molar-refractivity contribution >= 4 is 52.9 Å². The van der Waals surface area contributed by atoms with E-state index in [1.807, 2.05) is 0 Å². The molecule has 1 aromatic heterocycles. The van der Waals surface area contributed by atoms with Crippen molar-refractivity contribution in [2.75, 3.05) is 0 Å². The lowest BCUT2D eigenvalue weighted by Crippen LogP contribution is -2.19. The molecule has 0 atom stereocenters. The molecule has 1 amide bonds. The van der Waals surface area contributed by atoms with Crippen molar-refractivity contribution in [3.8, 4) is 5.75 Å². The molecule has 4 aromatic rings. The molecule has 4 rings (SSSR count). The van der Waals surface area contributed by atoms with Gasteiger partial charge >= 0.3 is 11.9 Å². The molecule has 37 heavy (non-hydrogen) atoms. The van der Waals surface area contributed by atoms with Gasteiger partial charge in [0.2, 0.25) is 11.7 Å². The van der Waals surface area contributed by atoms with E-state index in [1.165, 1.54) is 24.3 Å². The number of carbonyl (C=O) groups is 3. The van der Waals surface area contributed by atoms with Gasteiger partial charge in [0.05, 0.1) is 12.1 Å². The fourth-order valence-corrected chi connectivity index (χ4v) is 3.34. The van der Waals surface area contributed by atoms with E-state index in [9.17, 15) is 14.4 Å². The summed E-state index contributed by atoms with van der Waals surface area (Å²) in [5, 5.41) is 20.8. The molecule has 10 heteroatoms. The minimum atomic E-state index is -1.02. The minimum Gasteiger partial charge on any atom is -0.478 e. The molecule has 1 heterocycles. The van der Waals surface area contributed by atoms with E-state index in [2.05, 4.69) is 5.32 Å². The number of rotatable bonds is 8. The van der Waals surface area contributed by atoms with Gasteiger partial charge in [-0.3, -0.25) is 10.2 Å². The van der Waals surface area contributed by atoms with Crippen LogP contribution in [0.5, 0.6) is 5.75 Å². The maximum Gasteiger partial charge on any atom is 0.379 e. The second kappa shape index (κ2) is 11.7. The smallest absolute Gasteiger partial charge is 0.379 e. The summed E-state index contributed by atoms with van der Waals surface area (Å²) in [5.74, 6) is -1.44. The van der Waals surface area contributed by atoms with Crippen molar-refractivity contribution in [2.45, 2.75) is 6.54 Å². The first-order valence-electron chi connectivity index (χ1n) is 10.8. The lowest BCUT2D eigenvalue weighted by molar-refractivity contribution is -0.116. The molecule has 0 bridgehead atoms. The SMILES string of the molecule is Cl.N=C(N)c1ccc2cc(OC(=O)c3ccc(CNC(=O)C=Cc4ccc(C(=O)O)cc4)o3)ccc2c1. The van der Waals surface area contributed by atoms with Crippen LogP contribution in [-0.4, -0.2) is 28.8 Å². The molecular formula is C27H22ClN3O6. The van der Waals surface area contributed by atoms with Crippen LogP contribution in [0.3, 0.4) is 0 Å². The second-order valence-corrected chi connectivity index (χ2v) is 7.77. The molecule has 0 saturated carbocycles. The fraction of sp³-hybridized carbons (Fsp3) is 0.0370. The van der Waals surface area contributed by atoms with Crippen LogP contribution in [0.15, 0.2) is 83.3 Å². The molecule has 5 N–H and O–H groups in total. The summed E-state index contributed by atoms with van der Waals surface area (Å²) in [5.41, 5.74) is 6.95. The minimum absolute atomic E-state index is 0. The molecule has 0 spiro atoms. The fourth-order valence-electron chi connectivity index (χ4n) is 3.34. The molecule has 3 aromatic carbocycles. The number of halogens is 1. The molecular weight excluding hydrogens is 498 g/mol. The number of carboxylic acids is 1. The molecule has 9 nitrogen and oxygen atoms in total. The number of ether oxygens (including phenoxy) is 1. The van der Waals surface area contributed by atoms with Gasteiger partial charge in [-0.2, -0.15) is 0 Å². The number of hydrogen-bond donors (Lipinski definition) is 4. The van der Waals surface area contributed by atoms with Crippen molar-refractivity contribution in [3.05, 3.63) is 107 Å². The quantitative estimate of drug-likeness (QED) is 0.0884. The maximum atomic E-state index is 12.5. The number of benzene rings is 3. The van der Waals surface area contributed by atoms with Gasteiger partial charge in [-0.05, 0) is 64.9 Å². The van der Waals surface area contributed by atoms with E-state index in [0.717, 1.165) is 10.8 Å². The van der Waals surface area contributed by atoms with Crippen LogP contribution in [0.2, 0.25) is 0 Å². The number of furan rings is 1. The van der Waals surface area contributed by atoms with Gasteiger partial charge in [0.15, 0.2) is 0 Å². The van der Waals surface area contributed by atoms with Crippen LogP contribution in [0.4, 0.5) is 0 Å². The number of carboxylic acid groups (broad SMARTS) is 1. The first-order valence-corrected chi connectivity index (χ1v) is 10.8. The molecule has 188 valence electrons. The van der Waals surface area contributed by atoms with Gasteiger partial charge in [-0.15, -0.1) is 12.4 Å². The van der Waals surface area contributed by atoms with Crippen LogP contribution >= 0.6 is 12.4 Å². The topological polar surface area (TPSA) is 156 Å². The Bertz CT molecular complexity index is 1510. The first-order chi connectivity index (χ1) is 17.3. The molecule has 0 aliphatic rings. The number of amidine groups is 1. The predicted molar refractivity (Wildman–Crippen MR) is 140 cm³/mol. The van der Waals surface area contributed by atoms with Crippen molar-refractivity contribution < 1.29 is 28.6 Å².